The van der Waals surface area contributed by atoms with Crippen LogP contribution in [0.4, 0.5) is 0 Å². The van der Waals surface area contributed by atoms with Crippen molar-refractivity contribution >= 4 is 21.2 Å². The number of rotatable bonds is 8. The van der Waals surface area contributed by atoms with Gasteiger partial charge in [0.05, 0.1) is 5.60 Å². The average Bonchev–Trinajstić information content (AvgIpc) is 2.14. The molecule has 90 valence electrons. The molecule has 0 rings (SSSR count). The van der Waals surface area contributed by atoms with Gasteiger partial charge >= 0.3 is 0 Å². The van der Waals surface area contributed by atoms with Crippen LogP contribution in [0.1, 0.15) is 40.0 Å². The average molecular weight is 326 g/mol. The van der Waals surface area contributed by atoms with E-state index in [0.717, 1.165) is 30.3 Å². The number of halogens is 1. The Hall–Kier alpha value is 0.230. The molecular formula is C12H23IO2. The van der Waals surface area contributed by atoms with Gasteiger partial charge in [-0.3, -0.25) is 3.07 Å². The van der Waals surface area contributed by atoms with E-state index in [0.29, 0.717) is 5.92 Å². The monoisotopic (exact) mass is 326 g/mol. The molecule has 0 amide bonds. The Morgan fingerprint density at radius 2 is 2.07 bits per heavy atom. The minimum absolute atomic E-state index is 0.0294. The lowest BCUT2D eigenvalue weighted by Crippen LogP contribution is -2.19. The lowest BCUT2D eigenvalue weighted by molar-refractivity contribution is -0.00485. The summed E-state index contributed by atoms with van der Waals surface area (Å²) in [6.45, 7) is 10.8. The SMILES string of the molecule is C=C[C@@H](CCCCOC(C)(C)C)CI=O. The smallest absolute Gasteiger partial charge is 0.144 e. The van der Waals surface area contributed by atoms with Crippen LogP contribution in [-0.2, 0) is 7.81 Å². The Labute approximate surface area is 104 Å². The molecule has 1 atom stereocenters. The number of hydrogen-bond acceptors (Lipinski definition) is 2. The standard InChI is InChI=1S/C12H23IO2/c1-5-11(10-13-14)8-6-7-9-15-12(2,3)4/h5,11H,1,6-10H2,2-4H3/t11-/m0/s1. The fourth-order valence-corrected chi connectivity index (χ4v) is 2.49. The first-order valence-corrected chi connectivity index (χ1v) is 7.88. The highest BCUT2D eigenvalue weighted by molar-refractivity contribution is 14.1. The van der Waals surface area contributed by atoms with E-state index in [1.165, 1.54) is 0 Å². The maximum Gasteiger partial charge on any atom is 0.144 e. The van der Waals surface area contributed by atoms with Crippen molar-refractivity contribution in [3.8, 4) is 0 Å². The highest BCUT2D eigenvalue weighted by atomic mass is 127. The summed E-state index contributed by atoms with van der Waals surface area (Å²) >= 11 is -0.837. The first kappa shape index (κ1) is 15.2. The molecule has 0 aliphatic rings. The molecule has 0 aromatic carbocycles. The number of ether oxygens (including phenoxy) is 1. The van der Waals surface area contributed by atoms with Crippen molar-refractivity contribution in [1.29, 1.82) is 0 Å². The van der Waals surface area contributed by atoms with Gasteiger partial charge < -0.3 is 4.74 Å². The lowest BCUT2D eigenvalue weighted by Gasteiger charge is -2.19. The molecule has 0 aromatic heterocycles. The van der Waals surface area contributed by atoms with Gasteiger partial charge in [0.2, 0.25) is 0 Å². The Morgan fingerprint density at radius 1 is 1.40 bits per heavy atom. The molecule has 0 aliphatic heterocycles. The molecule has 0 saturated carbocycles. The van der Waals surface area contributed by atoms with Crippen LogP contribution in [0.5, 0.6) is 0 Å². The van der Waals surface area contributed by atoms with Crippen molar-refractivity contribution in [3.05, 3.63) is 12.7 Å². The lowest BCUT2D eigenvalue weighted by atomic mass is 10.0. The van der Waals surface area contributed by atoms with Crippen LogP contribution in [-0.4, -0.2) is 16.6 Å². The normalized spacial score (nSPS) is 13.8. The van der Waals surface area contributed by atoms with Crippen LogP contribution in [0, 0.1) is 5.92 Å². The van der Waals surface area contributed by atoms with Gasteiger partial charge in [-0.1, -0.05) is 12.5 Å². The quantitative estimate of drug-likeness (QED) is 0.291. The van der Waals surface area contributed by atoms with E-state index in [1.807, 2.05) is 6.08 Å². The van der Waals surface area contributed by atoms with E-state index in [-0.39, 0.29) is 5.60 Å². The summed E-state index contributed by atoms with van der Waals surface area (Å²) < 4.78 is 17.0. The first-order valence-electron chi connectivity index (χ1n) is 5.47. The summed E-state index contributed by atoms with van der Waals surface area (Å²) in [5.74, 6) is 0.449. The molecule has 3 heteroatoms. The molecule has 2 nitrogen and oxygen atoms in total. The molecule has 0 fully saturated rings. The van der Waals surface area contributed by atoms with Gasteiger partial charge in [-0.25, -0.2) is 0 Å². The molecule has 0 heterocycles. The fourth-order valence-electron chi connectivity index (χ4n) is 1.23. The highest BCUT2D eigenvalue weighted by Gasteiger charge is 2.09. The van der Waals surface area contributed by atoms with E-state index in [9.17, 15) is 3.07 Å². The van der Waals surface area contributed by atoms with Crippen molar-refractivity contribution in [3.63, 3.8) is 0 Å². The molecule has 0 aliphatic carbocycles. The zero-order valence-electron chi connectivity index (χ0n) is 10.1. The van der Waals surface area contributed by atoms with Crippen LogP contribution in [0.2, 0.25) is 0 Å². The fraction of sp³-hybridized carbons (Fsp3) is 0.833. The largest absolute Gasteiger partial charge is 0.376 e. The highest BCUT2D eigenvalue weighted by Crippen LogP contribution is 2.15. The second-order valence-corrected chi connectivity index (χ2v) is 6.22. The van der Waals surface area contributed by atoms with Gasteiger partial charge in [-0.2, -0.15) is 0 Å². The summed E-state index contributed by atoms with van der Waals surface area (Å²) in [7, 11) is 0. The van der Waals surface area contributed by atoms with Crippen molar-refractivity contribution in [1.82, 2.24) is 0 Å². The van der Waals surface area contributed by atoms with E-state index >= 15 is 0 Å². The predicted octanol–water partition coefficient (Wildman–Crippen LogP) is 4.09. The number of hydrogen-bond donors (Lipinski definition) is 0. The van der Waals surface area contributed by atoms with Gasteiger partial charge in [-0.15, -0.1) is 6.58 Å². The van der Waals surface area contributed by atoms with E-state index in [2.05, 4.69) is 27.4 Å². The second-order valence-electron chi connectivity index (χ2n) is 4.72. The van der Waals surface area contributed by atoms with Crippen molar-refractivity contribution < 1.29 is 7.81 Å². The van der Waals surface area contributed by atoms with Crippen molar-refractivity contribution in [2.24, 2.45) is 5.92 Å². The van der Waals surface area contributed by atoms with Gasteiger partial charge in [0.15, 0.2) is 0 Å². The second kappa shape index (κ2) is 8.39. The Kier molecular flexibility index (Phi) is 8.52. The molecule has 0 N–H and O–H groups in total. The van der Waals surface area contributed by atoms with Crippen LogP contribution < -0.4 is 0 Å². The molecule has 0 spiro atoms. The zero-order valence-corrected chi connectivity index (χ0v) is 12.2. The predicted molar refractivity (Wildman–Crippen MR) is 72.8 cm³/mol. The maximum absolute atomic E-state index is 10.6. The first-order chi connectivity index (χ1) is 6.99. The van der Waals surface area contributed by atoms with Crippen LogP contribution >= 0.6 is 21.2 Å². The van der Waals surface area contributed by atoms with Gasteiger partial charge in [0, 0.05) is 11.0 Å². The molecule has 0 radical (unpaired) electrons. The molecule has 0 bridgehead atoms. The maximum atomic E-state index is 10.6. The van der Waals surface area contributed by atoms with Crippen molar-refractivity contribution in [2.75, 3.05) is 11.0 Å². The third-order valence-corrected chi connectivity index (χ3v) is 3.59. The van der Waals surface area contributed by atoms with Crippen LogP contribution in [0.3, 0.4) is 0 Å². The number of alkyl halides is 1. The Morgan fingerprint density at radius 3 is 2.53 bits per heavy atom. The summed E-state index contributed by atoms with van der Waals surface area (Å²) in [6, 6.07) is 0. The number of allylic oxidation sites excluding steroid dienone is 1. The minimum Gasteiger partial charge on any atom is -0.376 e. The third kappa shape index (κ3) is 10.5. The zero-order chi connectivity index (χ0) is 11.7. The Balaban J connectivity index is 3.44. The topological polar surface area (TPSA) is 26.3 Å². The molecule has 0 aromatic rings. The summed E-state index contributed by atoms with van der Waals surface area (Å²) in [5, 5.41) is 0. The Bertz CT molecular complexity index is 185. The van der Waals surface area contributed by atoms with Crippen LogP contribution in [0.15, 0.2) is 12.7 Å². The summed E-state index contributed by atoms with van der Waals surface area (Å²) in [6.07, 6.45) is 5.25. The molecular weight excluding hydrogens is 303 g/mol. The third-order valence-electron chi connectivity index (χ3n) is 2.10. The molecule has 0 unspecified atom stereocenters. The van der Waals surface area contributed by atoms with Gasteiger partial charge in [0.25, 0.3) is 0 Å². The van der Waals surface area contributed by atoms with Gasteiger partial charge in [0.1, 0.15) is 21.2 Å². The van der Waals surface area contributed by atoms with Crippen LogP contribution in [0.25, 0.3) is 0 Å². The van der Waals surface area contributed by atoms with Crippen molar-refractivity contribution in [2.45, 2.75) is 45.6 Å². The minimum atomic E-state index is -0.837. The van der Waals surface area contributed by atoms with Gasteiger partial charge in [-0.05, 0) is 39.5 Å². The van der Waals surface area contributed by atoms with E-state index in [1.54, 1.807) is 0 Å². The molecule has 0 saturated heterocycles. The summed E-state index contributed by atoms with van der Waals surface area (Å²) in [5.41, 5.74) is -0.0294. The summed E-state index contributed by atoms with van der Waals surface area (Å²) in [4.78, 5) is 0. The van der Waals surface area contributed by atoms with E-state index in [4.69, 9.17) is 4.74 Å². The van der Waals surface area contributed by atoms with E-state index < -0.39 is 21.2 Å². The molecule has 15 heavy (non-hydrogen) atoms. The number of unbranched alkanes of at least 4 members (excludes halogenated alkanes) is 1.